The van der Waals surface area contributed by atoms with Crippen molar-refractivity contribution in [2.24, 2.45) is 5.92 Å². The van der Waals surface area contributed by atoms with Gasteiger partial charge in [0.25, 0.3) is 0 Å². The Balaban J connectivity index is 1.25. The fraction of sp³-hybridized carbons (Fsp3) is 0.524. The average Bonchev–Trinajstić information content (AvgIpc) is 3.38. The minimum atomic E-state index is -2.87. The highest BCUT2D eigenvalue weighted by Gasteiger charge is 2.44. The number of ether oxygens (including phenoxy) is 1. The van der Waals surface area contributed by atoms with E-state index in [9.17, 15) is 13.6 Å². The maximum Gasteiger partial charge on any atom is 0.387 e. The molecule has 1 aromatic carbocycles. The summed E-state index contributed by atoms with van der Waals surface area (Å²) >= 11 is 0. The number of nitrogens with one attached hydrogen (secondary N) is 4. The van der Waals surface area contributed by atoms with Gasteiger partial charge in [0.2, 0.25) is 5.91 Å². The number of anilines is 1. The van der Waals surface area contributed by atoms with E-state index in [-0.39, 0.29) is 29.7 Å². The Morgan fingerprint density at radius 3 is 2.87 bits per heavy atom. The molecule has 2 fully saturated rings. The summed E-state index contributed by atoms with van der Waals surface area (Å²) in [7, 11) is 0. The molecule has 0 radical (unpaired) electrons. The predicted octanol–water partition coefficient (Wildman–Crippen LogP) is 1.96. The molecule has 5 rings (SSSR count). The number of aromatic nitrogens is 2. The lowest BCUT2D eigenvalue weighted by Gasteiger charge is -2.33. The smallest absolute Gasteiger partial charge is 0.387 e. The molecule has 1 saturated carbocycles. The molecule has 166 valence electrons. The zero-order chi connectivity index (χ0) is 21.4. The van der Waals surface area contributed by atoms with Crippen LogP contribution in [0.3, 0.4) is 0 Å². The highest BCUT2D eigenvalue weighted by molar-refractivity contribution is 5.95. The van der Waals surface area contributed by atoms with Crippen LogP contribution in [0.4, 0.5) is 14.5 Å². The van der Waals surface area contributed by atoms with Crippen LogP contribution in [-0.2, 0) is 17.9 Å². The normalized spacial score (nSPS) is 27.6. The van der Waals surface area contributed by atoms with Crippen LogP contribution >= 0.6 is 0 Å². The Labute approximate surface area is 178 Å². The quantitative estimate of drug-likeness (QED) is 0.577. The first-order valence-electron chi connectivity index (χ1n) is 10.7. The maximum absolute atomic E-state index is 13.0. The van der Waals surface area contributed by atoms with Crippen LogP contribution in [0.15, 0.2) is 30.5 Å². The number of fused-ring (bicyclic) bond motifs is 2. The van der Waals surface area contributed by atoms with Gasteiger partial charge in [-0.1, -0.05) is 0 Å². The van der Waals surface area contributed by atoms with Gasteiger partial charge in [-0.05, 0) is 43.5 Å². The molecular formula is C21H26F2N6O2. The van der Waals surface area contributed by atoms with E-state index in [1.54, 1.807) is 12.1 Å². The summed E-state index contributed by atoms with van der Waals surface area (Å²) in [5, 5.41) is 6.24. The Morgan fingerprint density at radius 1 is 1.23 bits per heavy atom. The molecule has 1 aromatic heterocycles. The Hall–Kier alpha value is -2.56. The number of nitrogens with zero attached hydrogens (tertiary/aromatic N) is 2. The van der Waals surface area contributed by atoms with E-state index >= 15 is 0 Å². The Kier molecular flexibility index (Phi) is 5.59. The molecule has 4 atom stereocenters. The second kappa shape index (κ2) is 8.52. The summed E-state index contributed by atoms with van der Waals surface area (Å²) in [4.78, 5) is 17.6. The number of halogens is 2. The molecule has 2 aromatic rings. The second-order valence-electron chi connectivity index (χ2n) is 8.37. The Morgan fingerprint density at radius 2 is 2.06 bits per heavy atom. The van der Waals surface area contributed by atoms with Crippen LogP contribution in [0.1, 0.15) is 36.7 Å². The summed E-state index contributed by atoms with van der Waals surface area (Å²) < 4.78 is 31.3. The van der Waals surface area contributed by atoms with Gasteiger partial charge in [-0.25, -0.2) is 10.4 Å². The topological polar surface area (TPSA) is 92.2 Å². The third kappa shape index (κ3) is 4.15. The average molecular weight is 432 g/mol. The molecule has 3 aliphatic rings. The fourth-order valence-electron chi connectivity index (χ4n) is 5.07. The SMILES string of the molecule is O=C(Nc1ccc(OC(F)F)cc1)C1NNC2CCC(c3cnc4n3CCNC4)CC21. The summed E-state index contributed by atoms with van der Waals surface area (Å²) in [6.45, 7) is -0.192. The second-order valence-corrected chi connectivity index (χ2v) is 8.37. The van der Waals surface area contributed by atoms with Crippen LogP contribution in [0.5, 0.6) is 5.75 Å². The third-order valence-corrected chi connectivity index (χ3v) is 6.56. The molecule has 1 amide bonds. The summed E-state index contributed by atoms with van der Waals surface area (Å²) in [6, 6.07) is 5.84. The molecule has 2 aliphatic heterocycles. The van der Waals surface area contributed by atoms with Gasteiger partial charge in [0, 0.05) is 48.5 Å². The molecule has 4 unspecified atom stereocenters. The van der Waals surface area contributed by atoms with Gasteiger partial charge in [0.15, 0.2) is 0 Å². The number of benzene rings is 1. The van der Waals surface area contributed by atoms with Crippen molar-refractivity contribution >= 4 is 11.6 Å². The van der Waals surface area contributed by atoms with E-state index in [2.05, 4.69) is 35.8 Å². The summed E-state index contributed by atoms with van der Waals surface area (Å²) in [5.74, 6) is 1.54. The van der Waals surface area contributed by atoms with Gasteiger partial charge in [0.05, 0.1) is 6.54 Å². The molecule has 0 spiro atoms. The van der Waals surface area contributed by atoms with Crippen LogP contribution in [0, 0.1) is 5.92 Å². The zero-order valence-electron chi connectivity index (χ0n) is 17.0. The van der Waals surface area contributed by atoms with Crippen molar-refractivity contribution in [1.82, 2.24) is 25.7 Å². The highest BCUT2D eigenvalue weighted by atomic mass is 19.3. The number of rotatable bonds is 5. The molecule has 1 aliphatic carbocycles. The van der Waals surface area contributed by atoms with Crippen molar-refractivity contribution in [3.05, 3.63) is 42.0 Å². The monoisotopic (exact) mass is 432 g/mol. The highest BCUT2D eigenvalue weighted by Crippen LogP contribution is 2.40. The van der Waals surface area contributed by atoms with E-state index in [1.807, 2.05) is 6.20 Å². The summed E-state index contributed by atoms with van der Waals surface area (Å²) in [5.41, 5.74) is 8.27. The van der Waals surface area contributed by atoms with E-state index in [0.29, 0.717) is 11.6 Å². The molecule has 8 nitrogen and oxygen atoms in total. The molecule has 31 heavy (non-hydrogen) atoms. The number of hydrogen-bond donors (Lipinski definition) is 4. The zero-order valence-corrected chi connectivity index (χ0v) is 17.0. The number of imidazole rings is 1. The van der Waals surface area contributed by atoms with Crippen molar-refractivity contribution in [1.29, 1.82) is 0 Å². The van der Waals surface area contributed by atoms with Crippen LogP contribution in [-0.4, -0.2) is 40.7 Å². The standard InChI is InChI=1S/C21H26F2N6O2/c22-21(23)31-14-4-2-13(3-5-14)26-20(30)19-15-9-12(1-6-16(15)27-28-19)17-10-25-18-11-24-7-8-29(17)18/h2-5,10,12,15-16,19,21,24,27-28H,1,6-9,11H2,(H,26,30). The Bertz CT molecular complexity index is 934. The van der Waals surface area contributed by atoms with Gasteiger partial charge in [-0.2, -0.15) is 8.78 Å². The first kappa shape index (κ1) is 20.3. The van der Waals surface area contributed by atoms with Crippen molar-refractivity contribution in [2.75, 3.05) is 11.9 Å². The fourth-order valence-corrected chi connectivity index (χ4v) is 5.07. The molecule has 0 bridgehead atoms. The predicted molar refractivity (Wildman–Crippen MR) is 110 cm³/mol. The van der Waals surface area contributed by atoms with Crippen LogP contribution < -0.4 is 26.2 Å². The minimum absolute atomic E-state index is 0.0585. The van der Waals surface area contributed by atoms with Gasteiger partial charge in [-0.3, -0.25) is 10.2 Å². The van der Waals surface area contributed by atoms with Crippen molar-refractivity contribution in [3.8, 4) is 5.75 Å². The molecular weight excluding hydrogens is 406 g/mol. The number of hydrogen-bond acceptors (Lipinski definition) is 6. The first-order chi connectivity index (χ1) is 15.1. The third-order valence-electron chi connectivity index (χ3n) is 6.56. The number of hydrazine groups is 1. The lowest BCUT2D eigenvalue weighted by molar-refractivity contribution is -0.119. The largest absolute Gasteiger partial charge is 0.435 e. The molecule has 10 heteroatoms. The maximum atomic E-state index is 13.0. The van der Waals surface area contributed by atoms with E-state index in [4.69, 9.17) is 0 Å². The lowest BCUT2D eigenvalue weighted by Crippen LogP contribution is -2.42. The molecule has 1 saturated heterocycles. The summed E-state index contributed by atoms with van der Waals surface area (Å²) in [6.07, 6.45) is 4.96. The number of carbonyl (C=O) groups excluding carboxylic acids is 1. The molecule has 4 N–H and O–H groups in total. The number of amides is 1. The van der Waals surface area contributed by atoms with Crippen molar-refractivity contribution in [2.45, 2.75) is 57.0 Å². The number of alkyl halides is 2. The van der Waals surface area contributed by atoms with E-state index in [1.165, 1.54) is 17.8 Å². The van der Waals surface area contributed by atoms with E-state index < -0.39 is 6.61 Å². The van der Waals surface area contributed by atoms with Gasteiger partial charge in [-0.15, -0.1) is 0 Å². The lowest BCUT2D eigenvalue weighted by atomic mass is 9.74. The van der Waals surface area contributed by atoms with Crippen molar-refractivity contribution < 1.29 is 18.3 Å². The first-order valence-corrected chi connectivity index (χ1v) is 10.7. The van der Waals surface area contributed by atoms with Crippen LogP contribution in [0.2, 0.25) is 0 Å². The van der Waals surface area contributed by atoms with E-state index in [0.717, 1.165) is 44.7 Å². The van der Waals surface area contributed by atoms with Gasteiger partial charge >= 0.3 is 6.61 Å². The van der Waals surface area contributed by atoms with Crippen LogP contribution in [0.25, 0.3) is 0 Å². The van der Waals surface area contributed by atoms with Gasteiger partial charge < -0.3 is 19.9 Å². The number of carbonyl (C=O) groups is 1. The minimum Gasteiger partial charge on any atom is -0.435 e. The van der Waals surface area contributed by atoms with Crippen molar-refractivity contribution in [3.63, 3.8) is 0 Å². The van der Waals surface area contributed by atoms with Gasteiger partial charge in [0.1, 0.15) is 17.6 Å². The molecule has 3 heterocycles.